The molecule has 0 radical (unpaired) electrons. The molecule has 0 atom stereocenters. The van der Waals surface area contributed by atoms with Gasteiger partial charge < -0.3 is 15.0 Å². The second kappa shape index (κ2) is 6.37. The van der Waals surface area contributed by atoms with Gasteiger partial charge in [-0.2, -0.15) is 18.2 Å². The second-order valence-electron chi connectivity index (χ2n) is 5.33. The van der Waals surface area contributed by atoms with Crippen LogP contribution in [0.15, 0.2) is 28.8 Å². The maximum absolute atomic E-state index is 12.4. The highest BCUT2D eigenvalue weighted by Gasteiger charge is 2.39. The van der Waals surface area contributed by atoms with Crippen LogP contribution < -0.4 is 10.5 Å². The fourth-order valence-corrected chi connectivity index (χ4v) is 2.18. The molecule has 0 aliphatic heterocycles. The number of rotatable bonds is 4. The van der Waals surface area contributed by atoms with Crippen molar-refractivity contribution in [3.8, 4) is 5.75 Å². The van der Waals surface area contributed by atoms with Crippen LogP contribution >= 0.6 is 12.4 Å². The smallest absolute Gasteiger partial charge is 0.416 e. The Hall–Kier alpha value is -1.80. The van der Waals surface area contributed by atoms with Gasteiger partial charge in [0.15, 0.2) is 12.4 Å². The predicted molar refractivity (Wildman–Crippen MR) is 77.0 cm³/mol. The Morgan fingerprint density at radius 1 is 1.22 bits per heavy atom. The molecule has 0 bridgehead atoms. The van der Waals surface area contributed by atoms with Crippen molar-refractivity contribution < 1.29 is 22.4 Å². The van der Waals surface area contributed by atoms with Crippen LogP contribution in [0.2, 0.25) is 0 Å². The van der Waals surface area contributed by atoms with E-state index in [1.807, 2.05) is 0 Å². The van der Waals surface area contributed by atoms with Crippen molar-refractivity contribution in [3.05, 3.63) is 41.5 Å². The van der Waals surface area contributed by atoms with Gasteiger partial charge in [0, 0.05) is 0 Å². The molecule has 5 nitrogen and oxygen atoms in total. The van der Waals surface area contributed by atoms with Gasteiger partial charge in [-0.1, -0.05) is 5.16 Å². The van der Waals surface area contributed by atoms with E-state index in [9.17, 15) is 13.2 Å². The molecule has 1 aliphatic carbocycles. The van der Waals surface area contributed by atoms with Crippen LogP contribution in [-0.4, -0.2) is 10.1 Å². The van der Waals surface area contributed by atoms with Gasteiger partial charge in [-0.25, -0.2) is 0 Å². The largest absolute Gasteiger partial charge is 0.484 e. The van der Waals surface area contributed by atoms with Crippen LogP contribution in [-0.2, 0) is 18.3 Å². The number of hydrogen-bond donors (Lipinski definition) is 1. The highest BCUT2D eigenvalue weighted by atomic mass is 35.5. The molecule has 3 rings (SSSR count). The number of nitrogens with two attached hydrogens (primary N) is 1. The van der Waals surface area contributed by atoms with Crippen molar-refractivity contribution >= 4 is 12.4 Å². The van der Waals surface area contributed by atoms with Crippen LogP contribution in [0.1, 0.15) is 36.5 Å². The lowest BCUT2D eigenvalue weighted by Gasteiger charge is -2.34. The Kier molecular flexibility index (Phi) is 4.86. The first-order valence-electron chi connectivity index (χ1n) is 6.79. The van der Waals surface area contributed by atoms with Gasteiger partial charge in [-0.05, 0) is 43.5 Å². The Bertz CT molecular complexity index is 654. The van der Waals surface area contributed by atoms with Crippen molar-refractivity contribution in [2.24, 2.45) is 5.73 Å². The van der Waals surface area contributed by atoms with Gasteiger partial charge in [0.1, 0.15) is 5.75 Å². The molecule has 9 heteroatoms. The molecule has 23 heavy (non-hydrogen) atoms. The number of aromatic nitrogens is 2. The van der Waals surface area contributed by atoms with Crippen molar-refractivity contribution in [1.29, 1.82) is 0 Å². The molecule has 126 valence electrons. The molecule has 0 amide bonds. The molecule has 1 aliphatic rings. The van der Waals surface area contributed by atoms with Crippen LogP contribution in [0.25, 0.3) is 0 Å². The third kappa shape index (κ3) is 3.76. The summed E-state index contributed by atoms with van der Waals surface area (Å²) in [6.07, 6.45) is -1.71. The quantitative estimate of drug-likeness (QED) is 0.915. The zero-order valence-electron chi connectivity index (χ0n) is 12.0. The highest BCUT2D eigenvalue weighted by Crippen LogP contribution is 2.37. The molecule has 1 saturated carbocycles. The van der Waals surface area contributed by atoms with E-state index in [-0.39, 0.29) is 24.9 Å². The molecule has 1 aromatic carbocycles. The highest BCUT2D eigenvalue weighted by molar-refractivity contribution is 5.85. The van der Waals surface area contributed by atoms with Gasteiger partial charge in [0.25, 0.3) is 5.89 Å². The van der Waals surface area contributed by atoms with Gasteiger partial charge in [-0.15, -0.1) is 12.4 Å². The zero-order valence-corrected chi connectivity index (χ0v) is 12.8. The first kappa shape index (κ1) is 17.6. The Morgan fingerprint density at radius 3 is 2.39 bits per heavy atom. The minimum Gasteiger partial charge on any atom is -0.484 e. The van der Waals surface area contributed by atoms with Crippen LogP contribution in [0, 0.1) is 0 Å². The molecule has 0 spiro atoms. The maximum Gasteiger partial charge on any atom is 0.416 e. The van der Waals surface area contributed by atoms with Crippen LogP contribution in [0.3, 0.4) is 0 Å². The molecule has 0 saturated heterocycles. The molecular weight excluding hydrogens is 335 g/mol. The molecular formula is C14H15ClF3N3O2. The summed E-state index contributed by atoms with van der Waals surface area (Å²) in [5, 5.41) is 3.83. The summed E-state index contributed by atoms with van der Waals surface area (Å²) < 4.78 is 47.7. The topological polar surface area (TPSA) is 74.2 Å². The number of ether oxygens (including phenoxy) is 1. The Morgan fingerprint density at radius 2 is 1.87 bits per heavy atom. The minimum atomic E-state index is -4.36. The summed E-state index contributed by atoms with van der Waals surface area (Å²) in [5.41, 5.74) is 4.83. The SMILES string of the molecule is Cl.NC1(c2noc(COc3ccc(C(F)(F)F)cc3)n2)CCC1. The summed E-state index contributed by atoms with van der Waals surface area (Å²) in [5.74, 6) is 0.982. The molecule has 2 aromatic rings. The average molecular weight is 350 g/mol. The lowest BCUT2D eigenvalue weighted by Crippen LogP contribution is -2.44. The number of benzene rings is 1. The summed E-state index contributed by atoms with van der Waals surface area (Å²) >= 11 is 0. The minimum absolute atomic E-state index is 0. The summed E-state index contributed by atoms with van der Waals surface area (Å²) in [4.78, 5) is 4.17. The fourth-order valence-electron chi connectivity index (χ4n) is 2.18. The van der Waals surface area contributed by atoms with Crippen molar-refractivity contribution in [2.45, 2.75) is 37.6 Å². The Balaban J connectivity index is 0.00000192. The molecule has 2 N–H and O–H groups in total. The fraction of sp³-hybridized carbons (Fsp3) is 0.429. The average Bonchev–Trinajstić information content (AvgIpc) is 2.91. The summed E-state index contributed by atoms with van der Waals surface area (Å²) in [7, 11) is 0. The first-order chi connectivity index (χ1) is 10.4. The molecule has 1 aromatic heterocycles. The first-order valence-corrected chi connectivity index (χ1v) is 6.79. The van der Waals surface area contributed by atoms with Gasteiger partial charge >= 0.3 is 6.18 Å². The Labute approximate surface area is 136 Å². The molecule has 0 unspecified atom stereocenters. The van der Waals surface area contributed by atoms with E-state index in [0.29, 0.717) is 11.6 Å². The van der Waals surface area contributed by atoms with Crippen molar-refractivity contribution in [2.75, 3.05) is 0 Å². The third-order valence-corrected chi connectivity index (χ3v) is 3.70. The second-order valence-corrected chi connectivity index (χ2v) is 5.33. The normalized spacial score (nSPS) is 16.3. The molecule has 1 fully saturated rings. The number of nitrogens with zero attached hydrogens (tertiary/aromatic N) is 2. The van der Waals surface area contributed by atoms with E-state index < -0.39 is 17.3 Å². The lowest BCUT2D eigenvalue weighted by atomic mass is 9.77. The van der Waals surface area contributed by atoms with Crippen molar-refractivity contribution in [3.63, 3.8) is 0 Å². The van der Waals surface area contributed by atoms with Gasteiger partial charge in [0.05, 0.1) is 11.1 Å². The van der Waals surface area contributed by atoms with Gasteiger partial charge in [0.2, 0.25) is 0 Å². The maximum atomic E-state index is 12.4. The monoisotopic (exact) mass is 349 g/mol. The van der Waals surface area contributed by atoms with Gasteiger partial charge in [-0.3, -0.25) is 0 Å². The standard InChI is InChI=1S/C14H14F3N3O2.ClH/c15-14(16,17)9-2-4-10(5-3-9)21-8-11-19-12(20-22-11)13(18)6-1-7-13;/h2-5H,1,6-8,18H2;1H. The van der Waals surface area contributed by atoms with E-state index >= 15 is 0 Å². The van der Waals surface area contributed by atoms with Crippen LogP contribution in [0.4, 0.5) is 13.2 Å². The molecule has 1 heterocycles. The summed E-state index contributed by atoms with van der Waals surface area (Å²) in [6, 6.07) is 4.41. The van der Waals surface area contributed by atoms with E-state index in [4.69, 9.17) is 15.0 Å². The number of alkyl halides is 3. The van der Waals surface area contributed by atoms with E-state index in [0.717, 1.165) is 31.4 Å². The number of halogens is 4. The van der Waals surface area contributed by atoms with E-state index in [1.54, 1.807) is 0 Å². The van der Waals surface area contributed by atoms with E-state index in [1.165, 1.54) is 12.1 Å². The predicted octanol–water partition coefficient (Wildman–Crippen LogP) is 3.43. The van der Waals surface area contributed by atoms with Crippen molar-refractivity contribution in [1.82, 2.24) is 10.1 Å². The van der Waals surface area contributed by atoms with Crippen LogP contribution in [0.5, 0.6) is 5.75 Å². The lowest BCUT2D eigenvalue weighted by molar-refractivity contribution is -0.137. The third-order valence-electron chi connectivity index (χ3n) is 3.70. The zero-order chi connectivity index (χ0) is 15.8. The number of hydrogen-bond acceptors (Lipinski definition) is 5. The van der Waals surface area contributed by atoms with E-state index in [2.05, 4.69) is 10.1 Å². The summed E-state index contributed by atoms with van der Waals surface area (Å²) in [6.45, 7) is -0.0194.